The van der Waals surface area contributed by atoms with E-state index in [0.717, 1.165) is 54.7 Å². The smallest absolute Gasteiger partial charge is 0.230 e. The van der Waals surface area contributed by atoms with Crippen molar-refractivity contribution in [3.05, 3.63) is 54.1 Å². The minimum absolute atomic E-state index is 0.0111. The maximum absolute atomic E-state index is 12.8. The molecule has 2 aliphatic heterocycles. The first-order chi connectivity index (χ1) is 14.7. The molecule has 2 aliphatic rings. The van der Waals surface area contributed by atoms with Crippen LogP contribution in [0.3, 0.4) is 0 Å². The number of thioether (sulfide) groups is 1. The number of amides is 1. The molecule has 6 nitrogen and oxygen atoms in total. The molecule has 30 heavy (non-hydrogen) atoms. The summed E-state index contributed by atoms with van der Waals surface area (Å²) in [6.45, 7) is 6.16. The number of rotatable bonds is 7. The molecule has 0 bridgehead atoms. The van der Waals surface area contributed by atoms with Crippen LogP contribution in [0, 0.1) is 0 Å². The van der Waals surface area contributed by atoms with Crippen molar-refractivity contribution in [3.63, 3.8) is 0 Å². The van der Waals surface area contributed by atoms with E-state index >= 15 is 0 Å². The fourth-order valence-electron chi connectivity index (χ4n) is 3.71. The van der Waals surface area contributed by atoms with Gasteiger partial charge in [0.2, 0.25) is 5.91 Å². The van der Waals surface area contributed by atoms with Crippen molar-refractivity contribution in [2.45, 2.75) is 10.9 Å². The maximum atomic E-state index is 12.8. The summed E-state index contributed by atoms with van der Waals surface area (Å²) in [7, 11) is 2.16. The third kappa shape index (κ3) is 5.68. The molecule has 1 unspecified atom stereocenters. The third-order valence-corrected chi connectivity index (χ3v) is 6.45. The molecule has 0 saturated carbocycles. The van der Waals surface area contributed by atoms with Crippen molar-refractivity contribution in [3.8, 4) is 11.5 Å². The fraction of sp³-hybridized carbons (Fsp3) is 0.435. The Labute approximate surface area is 182 Å². The van der Waals surface area contributed by atoms with Crippen LogP contribution in [-0.4, -0.2) is 74.4 Å². The summed E-state index contributed by atoms with van der Waals surface area (Å²) in [5.74, 6) is 1.93. The minimum Gasteiger partial charge on any atom is -0.486 e. The molecule has 0 aromatic heterocycles. The van der Waals surface area contributed by atoms with E-state index in [-0.39, 0.29) is 11.9 Å². The highest BCUT2D eigenvalue weighted by molar-refractivity contribution is 8.00. The quantitative estimate of drug-likeness (QED) is 0.686. The van der Waals surface area contributed by atoms with Crippen LogP contribution in [0.4, 0.5) is 0 Å². The first kappa shape index (κ1) is 21.0. The number of likely N-dealkylation sites (N-methyl/N-ethyl adjacent to an activating group) is 1. The molecule has 0 aliphatic carbocycles. The highest BCUT2D eigenvalue weighted by atomic mass is 32.2. The van der Waals surface area contributed by atoms with Gasteiger partial charge in [-0.25, -0.2) is 0 Å². The Bertz CT molecular complexity index is 841. The SMILES string of the molecule is CN1CCN(CC(NC(=O)CSc2ccc3c(c2)OCCO3)c2ccccc2)CC1. The van der Waals surface area contributed by atoms with E-state index in [1.807, 2.05) is 36.4 Å². The van der Waals surface area contributed by atoms with Crippen LogP contribution < -0.4 is 14.8 Å². The fourth-order valence-corrected chi connectivity index (χ4v) is 4.44. The number of hydrogen-bond donors (Lipinski definition) is 1. The number of hydrogen-bond acceptors (Lipinski definition) is 6. The van der Waals surface area contributed by atoms with Crippen molar-refractivity contribution in [2.24, 2.45) is 0 Å². The molecule has 2 aromatic carbocycles. The van der Waals surface area contributed by atoms with E-state index in [9.17, 15) is 4.79 Å². The molecule has 1 fully saturated rings. The predicted octanol–water partition coefficient (Wildman–Crippen LogP) is 2.65. The Morgan fingerprint density at radius 2 is 1.77 bits per heavy atom. The lowest BCUT2D eigenvalue weighted by atomic mass is 10.1. The van der Waals surface area contributed by atoms with Gasteiger partial charge in [-0.1, -0.05) is 30.3 Å². The van der Waals surface area contributed by atoms with Crippen LogP contribution in [0.15, 0.2) is 53.4 Å². The highest BCUT2D eigenvalue weighted by Gasteiger charge is 2.21. The number of carbonyl (C=O) groups excluding carboxylic acids is 1. The normalized spacial score (nSPS) is 18.0. The summed E-state index contributed by atoms with van der Waals surface area (Å²) in [5, 5.41) is 3.25. The van der Waals surface area contributed by atoms with Crippen LogP contribution in [0.1, 0.15) is 11.6 Å². The van der Waals surface area contributed by atoms with E-state index in [4.69, 9.17) is 9.47 Å². The van der Waals surface area contributed by atoms with E-state index in [0.29, 0.717) is 19.0 Å². The number of fused-ring (bicyclic) bond motifs is 1. The Hall–Kier alpha value is -2.22. The van der Waals surface area contributed by atoms with Crippen LogP contribution >= 0.6 is 11.8 Å². The topological polar surface area (TPSA) is 54.0 Å². The van der Waals surface area contributed by atoms with Gasteiger partial charge in [0.1, 0.15) is 13.2 Å². The number of carbonyl (C=O) groups is 1. The maximum Gasteiger partial charge on any atom is 0.230 e. The highest BCUT2D eigenvalue weighted by Crippen LogP contribution is 2.34. The largest absolute Gasteiger partial charge is 0.486 e. The van der Waals surface area contributed by atoms with Gasteiger partial charge < -0.3 is 19.7 Å². The molecule has 1 atom stereocenters. The van der Waals surface area contributed by atoms with Gasteiger partial charge in [0.05, 0.1) is 11.8 Å². The number of nitrogens with one attached hydrogen (secondary N) is 1. The van der Waals surface area contributed by atoms with Crippen molar-refractivity contribution in [2.75, 3.05) is 58.7 Å². The van der Waals surface area contributed by atoms with E-state index in [1.165, 1.54) is 11.8 Å². The molecule has 7 heteroatoms. The van der Waals surface area contributed by atoms with Gasteiger partial charge in [0.25, 0.3) is 0 Å². The molecule has 4 rings (SSSR count). The second-order valence-electron chi connectivity index (χ2n) is 7.73. The van der Waals surface area contributed by atoms with Gasteiger partial charge in [-0.05, 0) is 30.8 Å². The van der Waals surface area contributed by atoms with Crippen LogP contribution in [0.25, 0.3) is 0 Å². The summed E-state index contributed by atoms with van der Waals surface area (Å²) < 4.78 is 11.2. The monoisotopic (exact) mass is 427 g/mol. The summed E-state index contributed by atoms with van der Waals surface area (Å²) in [4.78, 5) is 18.6. The number of nitrogens with zero attached hydrogens (tertiary/aromatic N) is 2. The zero-order valence-corrected chi connectivity index (χ0v) is 18.2. The molecule has 1 amide bonds. The first-order valence-corrected chi connectivity index (χ1v) is 11.4. The van der Waals surface area contributed by atoms with Gasteiger partial charge in [-0.2, -0.15) is 0 Å². The Morgan fingerprint density at radius 1 is 1.03 bits per heavy atom. The van der Waals surface area contributed by atoms with Crippen molar-refractivity contribution in [1.82, 2.24) is 15.1 Å². The summed E-state index contributed by atoms with van der Waals surface area (Å²) >= 11 is 1.52. The Kier molecular flexibility index (Phi) is 7.15. The number of piperazine rings is 1. The molecule has 1 N–H and O–H groups in total. The number of ether oxygens (including phenoxy) is 2. The van der Waals surface area contributed by atoms with Gasteiger partial charge >= 0.3 is 0 Å². The lowest BCUT2D eigenvalue weighted by Crippen LogP contribution is -2.48. The molecule has 160 valence electrons. The van der Waals surface area contributed by atoms with Crippen molar-refractivity contribution < 1.29 is 14.3 Å². The average Bonchev–Trinajstić information content (AvgIpc) is 2.79. The van der Waals surface area contributed by atoms with E-state index in [2.05, 4.69) is 34.3 Å². The zero-order valence-electron chi connectivity index (χ0n) is 17.4. The molecule has 1 saturated heterocycles. The van der Waals surface area contributed by atoms with Gasteiger partial charge in [0, 0.05) is 37.6 Å². The second kappa shape index (κ2) is 10.2. The van der Waals surface area contributed by atoms with Crippen molar-refractivity contribution in [1.29, 1.82) is 0 Å². The van der Waals surface area contributed by atoms with E-state index < -0.39 is 0 Å². The van der Waals surface area contributed by atoms with Crippen LogP contribution in [0.2, 0.25) is 0 Å². The third-order valence-electron chi connectivity index (χ3n) is 5.46. The lowest BCUT2D eigenvalue weighted by molar-refractivity contribution is -0.119. The van der Waals surface area contributed by atoms with Crippen LogP contribution in [0.5, 0.6) is 11.5 Å². The summed E-state index contributed by atoms with van der Waals surface area (Å²) in [6, 6.07) is 16.1. The molecule has 2 aromatic rings. The second-order valence-corrected chi connectivity index (χ2v) is 8.78. The minimum atomic E-state index is -0.0111. The number of benzene rings is 2. The molecule has 0 radical (unpaired) electrons. The standard InChI is InChI=1S/C23H29N3O3S/c1-25-9-11-26(12-10-25)16-20(18-5-3-2-4-6-18)24-23(27)17-30-19-7-8-21-22(15-19)29-14-13-28-21/h2-8,15,20H,9-14,16-17H2,1H3,(H,24,27). The molecular formula is C23H29N3O3S. The average molecular weight is 428 g/mol. The summed E-state index contributed by atoms with van der Waals surface area (Å²) in [5.41, 5.74) is 1.15. The zero-order chi connectivity index (χ0) is 20.8. The van der Waals surface area contributed by atoms with Gasteiger partial charge in [0.15, 0.2) is 11.5 Å². The molecule has 2 heterocycles. The Balaban J connectivity index is 1.35. The molecular weight excluding hydrogens is 398 g/mol. The molecule has 0 spiro atoms. The predicted molar refractivity (Wildman–Crippen MR) is 119 cm³/mol. The first-order valence-electron chi connectivity index (χ1n) is 10.4. The van der Waals surface area contributed by atoms with Gasteiger partial charge in [-0.3, -0.25) is 9.69 Å². The lowest BCUT2D eigenvalue weighted by Gasteiger charge is -2.35. The Morgan fingerprint density at radius 3 is 2.53 bits per heavy atom. The van der Waals surface area contributed by atoms with E-state index in [1.54, 1.807) is 0 Å². The summed E-state index contributed by atoms with van der Waals surface area (Å²) in [6.07, 6.45) is 0. The van der Waals surface area contributed by atoms with Gasteiger partial charge in [-0.15, -0.1) is 11.8 Å². The van der Waals surface area contributed by atoms with Crippen LogP contribution in [-0.2, 0) is 4.79 Å². The van der Waals surface area contributed by atoms with Crippen molar-refractivity contribution >= 4 is 17.7 Å².